The van der Waals surface area contributed by atoms with Gasteiger partial charge in [-0.05, 0) is 46.0 Å². The van der Waals surface area contributed by atoms with Crippen LogP contribution in [-0.2, 0) is 11.3 Å². The number of carbonyl (C=O) groups is 1. The van der Waals surface area contributed by atoms with Crippen molar-refractivity contribution >= 4 is 5.91 Å². The van der Waals surface area contributed by atoms with Gasteiger partial charge in [0.1, 0.15) is 6.04 Å². The lowest BCUT2D eigenvalue weighted by Crippen LogP contribution is -2.37. The molecule has 1 aromatic carbocycles. The van der Waals surface area contributed by atoms with E-state index >= 15 is 0 Å². The number of carbonyl (C=O) groups excluding carboxylic acids is 1. The molecule has 1 atom stereocenters. The zero-order valence-electron chi connectivity index (χ0n) is 14.4. The van der Waals surface area contributed by atoms with Gasteiger partial charge in [0, 0.05) is 19.3 Å². The smallest absolute Gasteiger partial charge is 0.241 e. The Hall–Kier alpha value is -2.14. The second kappa shape index (κ2) is 7.92. The number of hydrogen-bond donors (Lipinski definition) is 1. The van der Waals surface area contributed by atoms with E-state index in [-0.39, 0.29) is 11.9 Å². The summed E-state index contributed by atoms with van der Waals surface area (Å²) in [5, 5.41) is 7.37. The quantitative estimate of drug-likeness (QED) is 0.798. The Bertz CT molecular complexity index is 631. The lowest BCUT2D eigenvalue weighted by atomic mass is 10.0. The Morgan fingerprint density at radius 1 is 1.22 bits per heavy atom. The fraction of sp³-hybridized carbons (Fsp3) is 0.444. The highest BCUT2D eigenvalue weighted by Gasteiger charge is 2.22. The van der Waals surface area contributed by atoms with Crippen molar-refractivity contribution in [1.82, 2.24) is 20.0 Å². The van der Waals surface area contributed by atoms with Crippen LogP contribution in [-0.4, -0.2) is 41.2 Å². The maximum absolute atomic E-state index is 12.5. The molecule has 0 unspecified atom stereocenters. The van der Waals surface area contributed by atoms with Crippen LogP contribution in [0.5, 0.6) is 0 Å². The Balaban J connectivity index is 1.87. The maximum Gasteiger partial charge on any atom is 0.241 e. The van der Waals surface area contributed by atoms with Crippen LogP contribution in [0.25, 0.3) is 0 Å². The summed E-state index contributed by atoms with van der Waals surface area (Å²) in [5.74, 6) is 0.0375. The SMILES string of the molecule is Cc1ccc([C@@H](C(=O)NCCCn2ccc(C)n2)N(C)C)cc1. The summed E-state index contributed by atoms with van der Waals surface area (Å²) >= 11 is 0. The second-order valence-electron chi connectivity index (χ2n) is 6.14. The van der Waals surface area contributed by atoms with Crippen molar-refractivity contribution in [2.75, 3.05) is 20.6 Å². The number of aryl methyl sites for hydroxylation is 3. The molecule has 124 valence electrons. The average molecular weight is 314 g/mol. The van der Waals surface area contributed by atoms with E-state index in [0.29, 0.717) is 6.54 Å². The van der Waals surface area contributed by atoms with E-state index in [0.717, 1.165) is 24.2 Å². The molecular formula is C18H26N4O. The zero-order valence-corrected chi connectivity index (χ0v) is 14.4. The Morgan fingerprint density at radius 3 is 2.48 bits per heavy atom. The molecule has 5 heteroatoms. The molecule has 0 spiro atoms. The van der Waals surface area contributed by atoms with Crippen molar-refractivity contribution in [3.8, 4) is 0 Å². The monoisotopic (exact) mass is 314 g/mol. The maximum atomic E-state index is 12.5. The van der Waals surface area contributed by atoms with Crippen LogP contribution in [0.3, 0.4) is 0 Å². The fourth-order valence-corrected chi connectivity index (χ4v) is 2.57. The normalized spacial score (nSPS) is 12.4. The van der Waals surface area contributed by atoms with Gasteiger partial charge in [0.05, 0.1) is 5.69 Å². The molecule has 0 saturated heterocycles. The lowest BCUT2D eigenvalue weighted by molar-refractivity contribution is -0.125. The first-order valence-electron chi connectivity index (χ1n) is 7.98. The van der Waals surface area contributed by atoms with Crippen LogP contribution < -0.4 is 5.32 Å². The van der Waals surface area contributed by atoms with E-state index in [9.17, 15) is 4.79 Å². The topological polar surface area (TPSA) is 50.2 Å². The van der Waals surface area contributed by atoms with Gasteiger partial charge in [-0.25, -0.2) is 0 Å². The third kappa shape index (κ3) is 4.93. The van der Waals surface area contributed by atoms with Gasteiger partial charge >= 0.3 is 0 Å². The molecular weight excluding hydrogens is 288 g/mol. The Labute approximate surface area is 138 Å². The number of amides is 1. The molecule has 0 bridgehead atoms. The number of hydrogen-bond acceptors (Lipinski definition) is 3. The summed E-state index contributed by atoms with van der Waals surface area (Å²) in [7, 11) is 3.85. The van der Waals surface area contributed by atoms with Gasteiger partial charge in [0.25, 0.3) is 0 Å². The van der Waals surface area contributed by atoms with E-state index < -0.39 is 0 Å². The largest absolute Gasteiger partial charge is 0.354 e. The minimum absolute atomic E-state index is 0.0375. The lowest BCUT2D eigenvalue weighted by Gasteiger charge is -2.24. The Morgan fingerprint density at radius 2 is 1.91 bits per heavy atom. The molecule has 5 nitrogen and oxygen atoms in total. The first-order chi connectivity index (χ1) is 11.0. The van der Waals surface area contributed by atoms with Gasteiger partial charge in [-0.2, -0.15) is 5.10 Å². The van der Waals surface area contributed by atoms with Crippen LogP contribution in [0.1, 0.15) is 29.3 Å². The molecule has 1 N–H and O–H groups in total. The number of likely N-dealkylation sites (N-methyl/N-ethyl adjacent to an activating group) is 1. The van der Waals surface area contributed by atoms with E-state index in [1.165, 1.54) is 5.56 Å². The standard InChI is InChI=1S/C18H26N4O/c1-14-6-8-16(9-7-14)17(21(3)4)18(23)19-11-5-12-22-13-10-15(2)20-22/h6-10,13,17H,5,11-12H2,1-4H3,(H,19,23)/t17-/m0/s1. The predicted molar refractivity (Wildman–Crippen MR) is 92.2 cm³/mol. The minimum Gasteiger partial charge on any atom is -0.354 e. The number of rotatable bonds is 7. The summed E-state index contributed by atoms with van der Waals surface area (Å²) in [6, 6.07) is 9.84. The van der Waals surface area contributed by atoms with Gasteiger partial charge in [-0.3, -0.25) is 14.4 Å². The van der Waals surface area contributed by atoms with Gasteiger partial charge in [-0.15, -0.1) is 0 Å². The highest BCUT2D eigenvalue weighted by atomic mass is 16.2. The molecule has 0 saturated carbocycles. The van der Waals surface area contributed by atoms with Crippen molar-refractivity contribution in [3.63, 3.8) is 0 Å². The summed E-state index contributed by atoms with van der Waals surface area (Å²) in [6.45, 7) is 5.48. The first-order valence-corrected chi connectivity index (χ1v) is 7.98. The molecule has 0 fully saturated rings. The third-order valence-corrected chi connectivity index (χ3v) is 3.80. The van der Waals surface area contributed by atoms with Crippen LogP contribution >= 0.6 is 0 Å². The van der Waals surface area contributed by atoms with Gasteiger partial charge in [0.15, 0.2) is 0 Å². The van der Waals surface area contributed by atoms with Gasteiger partial charge < -0.3 is 5.32 Å². The summed E-state index contributed by atoms with van der Waals surface area (Å²) in [5.41, 5.74) is 3.23. The van der Waals surface area contributed by atoms with Crippen molar-refractivity contribution in [2.24, 2.45) is 0 Å². The predicted octanol–water partition coefficient (Wildman–Crippen LogP) is 2.31. The number of benzene rings is 1. The number of aromatic nitrogens is 2. The minimum atomic E-state index is -0.262. The Kier molecular flexibility index (Phi) is 5.93. The summed E-state index contributed by atoms with van der Waals surface area (Å²) in [4.78, 5) is 14.5. The highest BCUT2D eigenvalue weighted by molar-refractivity contribution is 5.83. The van der Waals surface area contributed by atoms with E-state index in [1.54, 1.807) is 0 Å². The first kappa shape index (κ1) is 17.2. The number of nitrogens with one attached hydrogen (secondary N) is 1. The zero-order chi connectivity index (χ0) is 16.8. The molecule has 0 radical (unpaired) electrons. The molecule has 1 heterocycles. The van der Waals surface area contributed by atoms with E-state index in [4.69, 9.17) is 0 Å². The van der Waals surface area contributed by atoms with Crippen molar-refractivity contribution in [1.29, 1.82) is 0 Å². The average Bonchev–Trinajstić information content (AvgIpc) is 2.91. The molecule has 0 aliphatic carbocycles. The fourth-order valence-electron chi connectivity index (χ4n) is 2.57. The van der Waals surface area contributed by atoms with Crippen LogP contribution in [0.2, 0.25) is 0 Å². The molecule has 2 aromatic rings. The molecule has 0 aliphatic heterocycles. The van der Waals surface area contributed by atoms with Crippen LogP contribution in [0.15, 0.2) is 36.5 Å². The van der Waals surface area contributed by atoms with E-state index in [1.807, 2.05) is 74.1 Å². The highest BCUT2D eigenvalue weighted by Crippen LogP contribution is 2.18. The van der Waals surface area contributed by atoms with Crippen molar-refractivity contribution in [3.05, 3.63) is 53.3 Å². The van der Waals surface area contributed by atoms with Crippen molar-refractivity contribution < 1.29 is 4.79 Å². The van der Waals surface area contributed by atoms with Crippen molar-refractivity contribution in [2.45, 2.75) is 32.9 Å². The van der Waals surface area contributed by atoms with Crippen LogP contribution in [0.4, 0.5) is 0 Å². The summed E-state index contributed by atoms with van der Waals surface area (Å²) in [6.07, 6.45) is 2.83. The molecule has 23 heavy (non-hydrogen) atoms. The second-order valence-corrected chi connectivity index (χ2v) is 6.14. The third-order valence-electron chi connectivity index (χ3n) is 3.80. The summed E-state index contributed by atoms with van der Waals surface area (Å²) < 4.78 is 1.91. The molecule has 1 amide bonds. The van der Waals surface area contributed by atoms with Gasteiger partial charge in [-0.1, -0.05) is 29.8 Å². The van der Waals surface area contributed by atoms with Gasteiger partial charge in [0.2, 0.25) is 5.91 Å². The van der Waals surface area contributed by atoms with E-state index in [2.05, 4.69) is 10.4 Å². The number of nitrogens with zero attached hydrogens (tertiary/aromatic N) is 3. The molecule has 0 aliphatic rings. The molecule has 1 aromatic heterocycles. The van der Waals surface area contributed by atoms with Crippen LogP contribution in [0, 0.1) is 13.8 Å². The molecule has 2 rings (SSSR count).